The average molecular weight is 436 g/mol. The number of anilines is 3. The van der Waals surface area contributed by atoms with Crippen LogP contribution in [-0.2, 0) is 7.05 Å². The highest BCUT2D eigenvalue weighted by molar-refractivity contribution is 5.91. The fraction of sp³-hybridized carbons (Fsp3) is 0.0455. The molecule has 5 aromatic rings. The van der Waals surface area contributed by atoms with Gasteiger partial charge in [-0.1, -0.05) is 24.3 Å². The normalized spacial score (nSPS) is 10.8. The van der Waals surface area contributed by atoms with Crippen molar-refractivity contribution < 1.29 is 0 Å². The predicted octanol–water partition coefficient (Wildman–Crippen LogP) is 2.14. The number of benzene rings is 1. The molecule has 0 spiro atoms. The van der Waals surface area contributed by atoms with E-state index in [0.29, 0.717) is 39.5 Å². The number of nitrogen functional groups attached to an aromatic ring is 1. The minimum atomic E-state index is -0.267. The molecule has 0 aliphatic heterocycles. The molecule has 0 aliphatic carbocycles. The lowest BCUT2D eigenvalue weighted by Crippen LogP contribution is -2.18. The van der Waals surface area contributed by atoms with E-state index in [4.69, 9.17) is 5.73 Å². The highest BCUT2D eigenvalue weighted by Crippen LogP contribution is 2.35. The Hall–Kier alpha value is -5.11. The molecule has 0 unspecified atom stereocenters. The first kappa shape index (κ1) is 19.8. The third-order valence-electron chi connectivity index (χ3n) is 4.93. The number of hydrogen-bond donors (Lipinski definition) is 2. The Kier molecular flexibility index (Phi) is 4.72. The summed E-state index contributed by atoms with van der Waals surface area (Å²) in [5.41, 5.74) is 8.60. The first-order valence-corrected chi connectivity index (χ1v) is 9.83. The van der Waals surface area contributed by atoms with Gasteiger partial charge in [-0.3, -0.25) is 4.79 Å². The molecule has 0 amide bonds. The van der Waals surface area contributed by atoms with Crippen molar-refractivity contribution in [2.24, 2.45) is 7.05 Å². The zero-order valence-electron chi connectivity index (χ0n) is 17.3. The van der Waals surface area contributed by atoms with Crippen molar-refractivity contribution in [1.82, 2.24) is 34.3 Å². The van der Waals surface area contributed by atoms with Crippen molar-refractivity contribution in [2.75, 3.05) is 11.1 Å². The largest absolute Gasteiger partial charge is 0.368 e. The first-order chi connectivity index (χ1) is 16.0. The second-order valence-electron chi connectivity index (χ2n) is 7.04. The lowest BCUT2D eigenvalue weighted by atomic mass is 9.99. The Morgan fingerprint density at radius 2 is 1.85 bits per heavy atom. The van der Waals surface area contributed by atoms with Crippen LogP contribution >= 0.6 is 0 Å². The average Bonchev–Trinajstić information content (AvgIpc) is 3.25. The molecule has 0 radical (unpaired) electrons. The molecular formula is C22H16N10O. The molecule has 1 aromatic carbocycles. The number of fused-ring (bicyclic) bond motifs is 1. The number of nitrogens with zero attached hydrogens (tertiary/aromatic N) is 8. The van der Waals surface area contributed by atoms with E-state index in [1.165, 1.54) is 15.3 Å². The van der Waals surface area contributed by atoms with E-state index in [0.717, 1.165) is 0 Å². The maximum Gasteiger partial charge on any atom is 0.266 e. The molecule has 11 heteroatoms. The van der Waals surface area contributed by atoms with Gasteiger partial charge >= 0.3 is 0 Å². The number of rotatable bonds is 4. The Balaban J connectivity index is 1.81. The highest BCUT2D eigenvalue weighted by atomic mass is 16.1. The number of hydrogen-bond acceptors (Lipinski definition) is 9. The highest BCUT2D eigenvalue weighted by Gasteiger charge is 2.23. The summed E-state index contributed by atoms with van der Waals surface area (Å²) in [7, 11) is 1.55. The predicted molar refractivity (Wildman–Crippen MR) is 121 cm³/mol. The molecular weight excluding hydrogens is 420 g/mol. The van der Waals surface area contributed by atoms with Gasteiger partial charge in [0.1, 0.15) is 5.82 Å². The summed E-state index contributed by atoms with van der Waals surface area (Å²) in [5.74, 6) is 0.874. The topological polar surface area (TPSA) is 153 Å². The van der Waals surface area contributed by atoms with E-state index in [-0.39, 0.29) is 17.5 Å². The van der Waals surface area contributed by atoms with E-state index in [9.17, 15) is 10.1 Å². The summed E-state index contributed by atoms with van der Waals surface area (Å²) in [6, 6.07) is 17.6. The molecule has 5 rings (SSSR count). The van der Waals surface area contributed by atoms with Crippen LogP contribution in [0.4, 0.5) is 17.7 Å². The van der Waals surface area contributed by atoms with Gasteiger partial charge in [-0.15, -0.1) is 5.10 Å². The maximum absolute atomic E-state index is 12.0. The summed E-state index contributed by atoms with van der Waals surface area (Å²) >= 11 is 0. The van der Waals surface area contributed by atoms with Gasteiger partial charge in [0.15, 0.2) is 5.65 Å². The zero-order chi connectivity index (χ0) is 22.9. The number of aryl methyl sites for hydroxylation is 1. The summed E-state index contributed by atoms with van der Waals surface area (Å²) < 4.78 is 2.59. The minimum absolute atomic E-state index is 0.0721. The molecule has 0 fully saturated rings. The van der Waals surface area contributed by atoms with Crippen LogP contribution in [0.5, 0.6) is 0 Å². The summed E-state index contributed by atoms with van der Waals surface area (Å²) in [6.07, 6.45) is 1.64. The second-order valence-corrected chi connectivity index (χ2v) is 7.04. The molecule has 0 aliphatic rings. The van der Waals surface area contributed by atoms with Crippen LogP contribution in [0.1, 0.15) is 5.56 Å². The third kappa shape index (κ3) is 3.51. The van der Waals surface area contributed by atoms with E-state index in [1.807, 2.05) is 6.07 Å². The van der Waals surface area contributed by atoms with Gasteiger partial charge in [0.05, 0.1) is 28.6 Å². The van der Waals surface area contributed by atoms with Crippen LogP contribution in [0.3, 0.4) is 0 Å². The number of nitriles is 1. The molecule has 0 saturated heterocycles. The summed E-state index contributed by atoms with van der Waals surface area (Å²) in [5, 5.41) is 21.5. The smallest absolute Gasteiger partial charge is 0.266 e. The fourth-order valence-electron chi connectivity index (χ4n) is 3.42. The van der Waals surface area contributed by atoms with E-state index in [1.54, 1.807) is 55.7 Å². The molecule has 4 aromatic heterocycles. The van der Waals surface area contributed by atoms with Crippen molar-refractivity contribution in [2.45, 2.75) is 0 Å². The standard InChI is InChI=1S/C22H16N10O/c1-31-17(33)10-9-15(29-31)18-19(14-7-3-2-6-13(14)12-23)27-21(24)32-20(18)28-22(30-32)26-16-8-4-5-11-25-16/h2-11H,1H3,(H2,24,27)(H,25,26,30). The van der Waals surface area contributed by atoms with E-state index in [2.05, 4.69) is 36.5 Å². The zero-order valence-corrected chi connectivity index (χ0v) is 17.3. The van der Waals surface area contributed by atoms with Crippen LogP contribution in [0.25, 0.3) is 28.2 Å². The van der Waals surface area contributed by atoms with Crippen molar-refractivity contribution >= 4 is 23.4 Å². The third-order valence-corrected chi connectivity index (χ3v) is 4.93. The van der Waals surface area contributed by atoms with Crippen molar-refractivity contribution in [3.05, 3.63) is 76.7 Å². The lowest BCUT2D eigenvalue weighted by molar-refractivity contribution is 0.712. The van der Waals surface area contributed by atoms with Crippen LogP contribution < -0.4 is 16.6 Å². The Labute approximate surface area is 186 Å². The number of nitrogens with two attached hydrogens (primary N) is 1. The minimum Gasteiger partial charge on any atom is -0.368 e. The van der Waals surface area contributed by atoms with Crippen LogP contribution in [0.2, 0.25) is 0 Å². The molecule has 11 nitrogen and oxygen atoms in total. The van der Waals surface area contributed by atoms with Crippen LogP contribution in [0.15, 0.2) is 65.6 Å². The molecule has 4 heterocycles. The van der Waals surface area contributed by atoms with Crippen molar-refractivity contribution in [3.8, 4) is 28.6 Å². The second kappa shape index (κ2) is 7.86. The molecule has 0 bridgehead atoms. The Morgan fingerprint density at radius 1 is 1.03 bits per heavy atom. The summed E-state index contributed by atoms with van der Waals surface area (Å²) in [6.45, 7) is 0. The summed E-state index contributed by atoms with van der Waals surface area (Å²) in [4.78, 5) is 25.3. The van der Waals surface area contributed by atoms with Crippen LogP contribution in [-0.4, -0.2) is 34.3 Å². The lowest BCUT2D eigenvalue weighted by Gasteiger charge is -2.12. The Bertz CT molecular complexity index is 1600. The van der Waals surface area contributed by atoms with Gasteiger partial charge in [-0.25, -0.2) is 14.6 Å². The molecule has 0 saturated carbocycles. The van der Waals surface area contributed by atoms with Gasteiger partial charge in [-0.05, 0) is 24.3 Å². The first-order valence-electron chi connectivity index (χ1n) is 9.83. The molecule has 160 valence electrons. The fourth-order valence-corrected chi connectivity index (χ4v) is 3.42. The van der Waals surface area contributed by atoms with Gasteiger partial charge in [0.2, 0.25) is 11.9 Å². The molecule has 33 heavy (non-hydrogen) atoms. The van der Waals surface area contributed by atoms with Crippen molar-refractivity contribution in [1.29, 1.82) is 5.26 Å². The molecule has 0 atom stereocenters. The Morgan fingerprint density at radius 3 is 2.61 bits per heavy atom. The quantitative estimate of drug-likeness (QED) is 0.431. The number of pyridine rings is 1. The number of aromatic nitrogens is 7. The van der Waals surface area contributed by atoms with E-state index >= 15 is 0 Å². The van der Waals surface area contributed by atoms with Gasteiger partial charge in [0.25, 0.3) is 5.56 Å². The molecule has 3 N–H and O–H groups in total. The van der Waals surface area contributed by atoms with Gasteiger partial charge in [-0.2, -0.15) is 19.9 Å². The number of nitrogens with one attached hydrogen (secondary N) is 1. The maximum atomic E-state index is 12.0. The van der Waals surface area contributed by atoms with E-state index < -0.39 is 0 Å². The van der Waals surface area contributed by atoms with Gasteiger partial charge < -0.3 is 11.1 Å². The monoisotopic (exact) mass is 436 g/mol. The van der Waals surface area contributed by atoms with Gasteiger partial charge in [0, 0.05) is 24.9 Å². The van der Waals surface area contributed by atoms with Crippen molar-refractivity contribution in [3.63, 3.8) is 0 Å². The van der Waals surface area contributed by atoms with Crippen LogP contribution in [0, 0.1) is 11.3 Å². The SMILES string of the molecule is Cn1nc(-c2c(-c3ccccc3C#N)nc(N)n3nc(Nc4ccccn4)nc23)ccc1=O.